The molecule has 1 atom stereocenters. The average molecular weight is 409 g/mol. The zero-order valence-corrected chi connectivity index (χ0v) is 15.6. The quantitative estimate of drug-likeness (QED) is 0.663. The fraction of sp³-hybridized carbons (Fsp3) is 0.167. The van der Waals surface area contributed by atoms with Crippen molar-refractivity contribution in [2.45, 2.75) is 13.0 Å². The summed E-state index contributed by atoms with van der Waals surface area (Å²) in [4.78, 5) is 37.3. The first-order valence-electron chi connectivity index (χ1n) is 7.93. The first kappa shape index (κ1) is 19.0. The predicted molar refractivity (Wildman–Crippen MR) is 101 cm³/mol. The Morgan fingerprint density at radius 2 is 1.70 bits per heavy atom. The van der Waals surface area contributed by atoms with Gasteiger partial charge in [-0.3, -0.25) is 4.57 Å². The Morgan fingerprint density at radius 1 is 1.11 bits per heavy atom. The van der Waals surface area contributed by atoms with Gasteiger partial charge in [0.25, 0.3) is 0 Å². The second-order valence-electron chi connectivity index (χ2n) is 5.59. The van der Waals surface area contributed by atoms with E-state index in [9.17, 15) is 19.5 Å². The van der Waals surface area contributed by atoms with E-state index in [-0.39, 0.29) is 27.7 Å². The number of aromatic nitrogens is 2. The number of carboxylic acid groups (broad SMARTS) is 1. The van der Waals surface area contributed by atoms with Gasteiger partial charge in [0.15, 0.2) is 6.04 Å². The standard InChI is InChI=1S/C18H14Cl2N2O5/c1-2-27-16(23)15(10-6-4-3-5-7-10)21-13-8-11(19)12(20)9-14(13)22(17(21)24)18(25)26/h3-9,15H,2H2,1H3,(H,25,26). The normalized spacial score (nSPS) is 12.1. The van der Waals surface area contributed by atoms with Gasteiger partial charge in [-0.1, -0.05) is 53.5 Å². The third kappa shape index (κ3) is 3.31. The van der Waals surface area contributed by atoms with Crippen LogP contribution in [0.5, 0.6) is 0 Å². The van der Waals surface area contributed by atoms with Gasteiger partial charge in [0.05, 0.1) is 27.7 Å². The van der Waals surface area contributed by atoms with E-state index in [0.717, 1.165) is 4.57 Å². The van der Waals surface area contributed by atoms with Crippen molar-refractivity contribution in [1.29, 1.82) is 0 Å². The Labute approximate surface area is 163 Å². The molecular weight excluding hydrogens is 395 g/mol. The van der Waals surface area contributed by atoms with Crippen molar-refractivity contribution in [3.05, 3.63) is 68.6 Å². The van der Waals surface area contributed by atoms with Crippen LogP contribution in [0.15, 0.2) is 47.3 Å². The molecule has 9 heteroatoms. The highest BCUT2D eigenvalue weighted by Gasteiger charge is 2.31. The molecule has 7 nitrogen and oxygen atoms in total. The van der Waals surface area contributed by atoms with E-state index in [1.165, 1.54) is 12.1 Å². The number of hydrogen-bond donors (Lipinski definition) is 1. The molecule has 2 aromatic carbocycles. The molecule has 3 rings (SSSR count). The molecular formula is C18H14Cl2N2O5. The third-order valence-electron chi connectivity index (χ3n) is 3.99. The zero-order valence-electron chi connectivity index (χ0n) is 14.1. The van der Waals surface area contributed by atoms with Crippen LogP contribution < -0.4 is 5.69 Å². The molecule has 0 radical (unpaired) electrons. The summed E-state index contributed by atoms with van der Waals surface area (Å²) in [5, 5.41) is 9.70. The van der Waals surface area contributed by atoms with Crippen LogP contribution in [0.1, 0.15) is 18.5 Å². The molecule has 0 aliphatic carbocycles. The van der Waals surface area contributed by atoms with Gasteiger partial charge < -0.3 is 9.84 Å². The number of rotatable bonds is 4. The van der Waals surface area contributed by atoms with E-state index in [2.05, 4.69) is 0 Å². The molecule has 27 heavy (non-hydrogen) atoms. The molecule has 1 aromatic heterocycles. The van der Waals surface area contributed by atoms with E-state index < -0.39 is 23.8 Å². The minimum absolute atomic E-state index is 0.0205. The van der Waals surface area contributed by atoms with Crippen LogP contribution in [0.2, 0.25) is 10.0 Å². The van der Waals surface area contributed by atoms with Gasteiger partial charge in [0.2, 0.25) is 0 Å². The maximum absolute atomic E-state index is 12.9. The van der Waals surface area contributed by atoms with Gasteiger partial charge in [-0.15, -0.1) is 0 Å². The second-order valence-corrected chi connectivity index (χ2v) is 6.41. The molecule has 0 fully saturated rings. The highest BCUT2D eigenvalue weighted by atomic mass is 35.5. The van der Waals surface area contributed by atoms with Crippen LogP contribution in [-0.2, 0) is 9.53 Å². The number of hydrogen-bond acceptors (Lipinski definition) is 4. The molecule has 0 bridgehead atoms. The summed E-state index contributed by atoms with van der Waals surface area (Å²) in [7, 11) is 0. The number of ether oxygens (including phenoxy) is 1. The Bertz CT molecular complexity index is 1090. The summed E-state index contributed by atoms with van der Waals surface area (Å²) < 4.78 is 6.70. The monoisotopic (exact) mass is 408 g/mol. The van der Waals surface area contributed by atoms with Crippen LogP contribution in [0, 0.1) is 0 Å². The van der Waals surface area contributed by atoms with Crippen molar-refractivity contribution in [2.75, 3.05) is 6.61 Å². The summed E-state index contributed by atoms with van der Waals surface area (Å²) in [6.07, 6.45) is -1.50. The Morgan fingerprint density at radius 3 is 2.26 bits per heavy atom. The predicted octanol–water partition coefficient (Wildman–Crippen LogP) is 3.79. The van der Waals surface area contributed by atoms with E-state index >= 15 is 0 Å². The van der Waals surface area contributed by atoms with Crippen molar-refractivity contribution < 1.29 is 19.4 Å². The summed E-state index contributed by atoms with van der Waals surface area (Å²) in [6, 6.07) is 9.91. The van der Waals surface area contributed by atoms with E-state index in [4.69, 9.17) is 27.9 Å². The molecule has 0 aliphatic heterocycles. The van der Waals surface area contributed by atoms with Gasteiger partial charge >= 0.3 is 17.8 Å². The molecule has 140 valence electrons. The van der Waals surface area contributed by atoms with Crippen molar-refractivity contribution in [2.24, 2.45) is 0 Å². The van der Waals surface area contributed by atoms with Gasteiger partial charge in [0.1, 0.15) is 0 Å². The van der Waals surface area contributed by atoms with Gasteiger partial charge in [0, 0.05) is 0 Å². The maximum atomic E-state index is 12.9. The lowest BCUT2D eigenvalue weighted by atomic mass is 10.1. The fourth-order valence-electron chi connectivity index (χ4n) is 2.89. The molecule has 0 saturated heterocycles. The van der Waals surface area contributed by atoms with Crippen LogP contribution in [-0.4, -0.2) is 32.9 Å². The van der Waals surface area contributed by atoms with E-state index in [1.807, 2.05) is 0 Å². The molecule has 0 aliphatic rings. The first-order chi connectivity index (χ1) is 12.9. The zero-order chi connectivity index (χ0) is 19.7. The minimum Gasteiger partial charge on any atom is -0.464 e. The molecule has 1 heterocycles. The first-order valence-corrected chi connectivity index (χ1v) is 8.69. The number of halogens is 2. The van der Waals surface area contributed by atoms with Gasteiger partial charge in [-0.2, -0.15) is 4.57 Å². The number of benzene rings is 2. The van der Waals surface area contributed by atoms with E-state index in [0.29, 0.717) is 10.1 Å². The lowest BCUT2D eigenvalue weighted by Crippen LogP contribution is -2.34. The van der Waals surface area contributed by atoms with Crippen molar-refractivity contribution in [3.63, 3.8) is 0 Å². The van der Waals surface area contributed by atoms with Crippen LogP contribution >= 0.6 is 23.2 Å². The van der Waals surface area contributed by atoms with Crippen LogP contribution in [0.4, 0.5) is 4.79 Å². The highest BCUT2D eigenvalue weighted by Crippen LogP contribution is 2.30. The molecule has 3 aromatic rings. The lowest BCUT2D eigenvalue weighted by Gasteiger charge is -2.17. The topological polar surface area (TPSA) is 90.5 Å². The number of carbonyl (C=O) groups is 2. The number of imidazole rings is 1. The smallest absolute Gasteiger partial charge is 0.420 e. The highest BCUT2D eigenvalue weighted by molar-refractivity contribution is 6.42. The summed E-state index contributed by atoms with van der Waals surface area (Å²) in [6.45, 7) is 1.74. The molecule has 0 amide bonds. The molecule has 1 unspecified atom stereocenters. The van der Waals surface area contributed by atoms with Gasteiger partial charge in [-0.25, -0.2) is 14.4 Å². The summed E-state index contributed by atoms with van der Waals surface area (Å²) in [5.41, 5.74) is -0.280. The summed E-state index contributed by atoms with van der Waals surface area (Å²) in [5.74, 6) is -0.693. The molecule has 0 saturated carbocycles. The van der Waals surface area contributed by atoms with Crippen LogP contribution in [0.3, 0.4) is 0 Å². The average Bonchev–Trinajstić information content (AvgIpc) is 2.89. The van der Waals surface area contributed by atoms with Crippen molar-refractivity contribution in [1.82, 2.24) is 9.13 Å². The molecule has 1 N–H and O–H groups in total. The Kier molecular flexibility index (Phi) is 5.25. The van der Waals surface area contributed by atoms with Gasteiger partial charge in [-0.05, 0) is 24.6 Å². The number of nitrogens with zero attached hydrogens (tertiary/aromatic N) is 2. The second kappa shape index (κ2) is 7.46. The summed E-state index contributed by atoms with van der Waals surface area (Å²) >= 11 is 12.1. The third-order valence-corrected chi connectivity index (χ3v) is 4.71. The van der Waals surface area contributed by atoms with E-state index in [1.54, 1.807) is 37.3 Å². The SMILES string of the molecule is CCOC(=O)C(c1ccccc1)n1c(=O)n(C(=O)O)c2cc(Cl)c(Cl)cc21. The Hall–Kier alpha value is -2.77. The number of esters is 1. The lowest BCUT2D eigenvalue weighted by molar-refractivity contribution is -0.145. The van der Waals surface area contributed by atoms with Crippen LogP contribution in [0.25, 0.3) is 11.0 Å². The van der Waals surface area contributed by atoms with Crippen molar-refractivity contribution >= 4 is 46.3 Å². The molecule has 0 spiro atoms. The minimum atomic E-state index is -1.50. The fourth-order valence-corrected chi connectivity index (χ4v) is 3.21. The van der Waals surface area contributed by atoms with Crippen molar-refractivity contribution in [3.8, 4) is 0 Å². The Balaban J connectivity index is 2.40. The largest absolute Gasteiger partial charge is 0.464 e. The number of fused-ring (bicyclic) bond motifs is 1. The maximum Gasteiger partial charge on any atom is 0.420 e. The number of carbonyl (C=O) groups excluding carboxylic acids is 1.